The summed E-state index contributed by atoms with van der Waals surface area (Å²) < 4.78 is 24.4. The second kappa shape index (κ2) is 35.4. The van der Waals surface area contributed by atoms with Crippen molar-refractivity contribution >= 4 is 0 Å². The minimum Gasteiger partial charge on any atom is -0.494 e. The molecule has 0 aliphatic heterocycles. The van der Waals surface area contributed by atoms with Crippen LogP contribution in [0.2, 0.25) is 0 Å². The van der Waals surface area contributed by atoms with Crippen LogP contribution in [0.4, 0.5) is 0 Å². The zero-order valence-corrected chi connectivity index (χ0v) is 36.1. The van der Waals surface area contributed by atoms with Crippen LogP contribution in [0, 0.1) is 6.92 Å². The molecule has 2 aromatic rings. The summed E-state index contributed by atoms with van der Waals surface area (Å²) in [5.74, 6) is 1.89. The maximum Gasteiger partial charge on any atom is 0.120 e. The molecule has 4 heteroatoms. The number of benzene rings is 2. The molecule has 2 aromatic carbocycles. The number of unbranched alkanes of at least 4 members (excludes halogenated alkanes) is 26. The fraction of sp³-hybridized carbons (Fsp3) is 0.760. The molecule has 0 radical (unpaired) electrons. The Morgan fingerprint density at radius 3 is 1.02 bits per heavy atom. The molecule has 0 aliphatic rings. The summed E-state index contributed by atoms with van der Waals surface area (Å²) >= 11 is 0. The van der Waals surface area contributed by atoms with Crippen molar-refractivity contribution in [1.82, 2.24) is 0 Å². The molecule has 0 spiro atoms. The molecular weight excluding hydrogens is 665 g/mol. The van der Waals surface area contributed by atoms with Crippen LogP contribution in [0.15, 0.2) is 36.4 Å². The van der Waals surface area contributed by atoms with Crippen LogP contribution >= 0.6 is 0 Å². The van der Waals surface area contributed by atoms with E-state index in [4.69, 9.17) is 18.9 Å². The monoisotopic (exact) mass is 751 g/mol. The minimum atomic E-state index is 0.540. The fourth-order valence-corrected chi connectivity index (χ4v) is 7.45. The zero-order valence-electron chi connectivity index (χ0n) is 36.1. The van der Waals surface area contributed by atoms with Gasteiger partial charge in [-0.1, -0.05) is 193 Å². The van der Waals surface area contributed by atoms with Gasteiger partial charge >= 0.3 is 0 Å². The highest BCUT2D eigenvalue weighted by Crippen LogP contribution is 2.23. The molecule has 0 bridgehead atoms. The standard InChI is InChI=1S/C50H86O4/c1-5-8-10-12-14-16-18-20-22-24-26-28-30-32-34-53-49-37-45(4)36-46(39-49)43-52-44-48-38-47(42-51-7-3)40-50(41-48)54-35-33-31-29-27-25-23-21-19-17-15-13-11-9-6-2/h36-41H,5-35,42-44H2,1-4H3. The summed E-state index contributed by atoms with van der Waals surface area (Å²) in [6, 6.07) is 13.0. The van der Waals surface area contributed by atoms with Crippen molar-refractivity contribution < 1.29 is 18.9 Å². The van der Waals surface area contributed by atoms with E-state index in [9.17, 15) is 0 Å². The Bertz CT molecular complexity index is 1110. The smallest absolute Gasteiger partial charge is 0.120 e. The minimum absolute atomic E-state index is 0.540. The van der Waals surface area contributed by atoms with E-state index in [0.29, 0.717) is 26.4 Å². The summed E-state index contributed by atoms with van der Waals surface area (Å²) in [6.45, 7) is 12.7. The van der Waals surface area contributed by atoms with Gasteiger partial charge in [0.1, 0.15) is 11.5 Å². The Hall–Kier alpha value is -2.04. The molecule has 0 aliphatic carbocycles. The van der Waals surface area contributed by atoms with Crippen molar-refractivity contribution in [2.75, 3.05) is 19.8 Å². The topological polar surface area (TPSA) is 36.9 Å². The second-order valence-corrected chi connectivity index (χ2v) is 16.2. The Kier molecular flexibility index (Phi) is 31.5. The molecule has 54 heavy (non-hydrogen) atoms. The van der Waals surface area contributed by atoms with Gasteiger partial charge in [0.2, 0.25) is 0 Å². The number of hydrogen-bond donors (Lipinski definition) is 0. The van der Waals surface area contributed by atoms with Crippen molar-refractivity contribution in [3.8, 4) is 11.5 Å². The van der Waals surface area contributed by atoms with Crippen LogP contribution in [0.1, 0.15) is 223 Å². The van der Waals surface area contributed by atoms with Crippen molar-refractivity contribution in [3.63, 3.8) is 0 Å². The Morgan fingerprint density at radius 2 is 0.648 bits per heavy atom. The van der Waals surface area contributed by atoms with Gasteiger partial charge in [-0.3, -0.25) is 0 Å². The van der Waals surface area contributed by atoms with Gasteiger partial charge in [0.15, 0.2) is 0 Å². The van der Waals surface area contributed by atoms with Gasteiger partial charge in [-0.05, 0) is 73.2 Å². The van der Waals surface area contributed by atoms with Crippen LogP contribution in [-0.2, 0) is 29.3 Å². The van der Waals surface area contributed by atoms with Crippen LogP contribution in [0.5, 0.6) is 11.5 Å². The first-order valence-corrected chi connectivity index (χ1v) is 23.3. The summed E-state index contributed by atoms with van der Waals surface area (Å²) in [5.41, 5.74) is 4.64. The van der Waals surface area contributed by atoms with Crippen LogP contribution in [0.3, 0.4) is 0 Å². The predicted molar refractivity (Wildman–Crippen MR) is 233 cm³/mol. The Labute approximate surface area is 335 Å². The van der Waals surface area contributed by atoms with E-state index in [0.717, 1.165) is 54.2 Å². The highest BCUT2D eigenvalue weighted by Gasteiger charge is 2.06. The maximum atomic E-state index is 6.25. The SMILES string of the molecule is CCCCCCCCCCCCCCCCOc1cc(C)cc(COCc2cc(COCC)cc(OCCCCCCCCCCCCCCCC)c2)c1. The average molecular weight is 751 g/mol. The number of rotatable bonds is 39. The van der Waals surface area contributed by atoms with Crippen molar-refractivity contribution in [2.24, 2.45) is 0 Å². The van der Waals surface area contributed by atoms with E-state index >= 15 is 0 Å². The summed E-state index contributed by atoms with van der Waals surface area (Å²) in [5, 5.41) is 0. The molecule has 0 heterocycles. The lowest BCUT2D eigenvalue weighted by Gasteiger charge is -2.13. The molecule has 0 aromatic heterocycles. The Balaban J connectivity index is 1.60. The number of hydrogen-bond acceptors (Lipinski definition) is 4. The van der Waals surface area contributed by atoms with Crippen molar-refractivity contribution in [3.05, 3.63) is 58.7 Å². The Morgan fingerprint density at radius 1 is 0.333 bits per heavy atom. The van der Waals surface area contributed by atoms with Crippen LogP contribution in [-0.4, -0.2) is 19.8 Å². The second-order valence-electron chi connectivity index (χ2n) is 16.2. The number of aryl methyl sites for hydroxylation is 1. The highest BCUT2D eigenvalue weighted by molar-refractivity contribution is 5.35. The summed E-state index contributed by atoms with van der Waals surface area (Å²) in [7, 11) is 0. The average Bonchev–Trinajstić information content (AvgIpc) is 3.17. The molecular formula is C50H86O4. The first kappa shape index (κ1) is 48.1. The molecule has 0 saturated heterocycles. The first-order valence-electron chi connectivity index (χ1n) is 23.3. The van der Waals surface area contributed by atoms with E-state index < -0.39 is 0 Å². The maximum absolute atomic E-state index is 6.25. The normalized spacial score (nSPS) is 11.4. The summed E-state index contributed by atoms with van der Waals surface area (Å²) in [4.78, 5) is 0. The van der Waals surface area contributed by atoms with E-state index in [1.807, 2.05) is 6.92 Å². The van der Waals surface area contributed by atoms with Gasteiger partial charge in [-0.15, -0.1) is 0 Å². The lowest BCUT2D eigenvalue weighted by atomic mass is 10.0. The van der Waals surface area contributed by atoms with Crippen LogP contribution < -0.4 is 9.47 Å². The van der Waals surface area contributed by atoms with Gasteiger partial charge in [0.25, 0.3) is 0 Å². The lowest BCUT2D eigenvalue weighted by Crippen LogP contribution is -2.02. The first-order chi connectivity index (χ1) is 26.6. The van der Waals surface area contributed by atoms with E-state index in [2.05, 4.69) is 57.2 Å². The molecule has 2 rings (SSSR count). The predicted octanol–water partition coefficient (Wildman–Crippen LogP) is 16.0. The lowest BCUT2D eigenvalue weighted by molar-refractivity contribution is 0.106. The van der Waals surface area contributed by atoms with Crippen molar-refractivity contribution in [1.29, 1.82) is 0 Å². The molecule has 0 fully saturated rings. The van der Waals surface area contributed by atoms with Gasteiger partial charge < -0.3 is 18.9 Å². The molecule has 0 unspecified atom stereocenters. The van der Waals surface area contributed by atoms with Gasteiger partial charge in [0, 0.05) is 6.61 Å². The molecule has 0 amide bonds. The molecule has 0 saturated carbocycles. The number of ether oxygens (including phenoxy) is 4. The quantitative estimate of drug-likeness (QED) is 0.0638. The zero-order chi connectivity index (χ0) is 38.6. The van der Waals surface area contributed by atoms with Crippen LogP contribution in [0.25, 0.3) is 0 Å². The third kappa shape index (κ3) is 27.5. The summed E-state index contributed by atoms with van der Waals surface area (Å²) in [6.07, 6.45) is 38.4. The highest BCUT2D eigenvalue weighted by atomic mass is 16.5. The molecule has 0 atom stereocenters. The third-order valence-electron chi connectivity index (χ3n) is 10.7. The molecule has 4 nitrogen and oxygen atoms in total. The van der Waals surface area contributed by atoms with Crippen molar-refractivity contribution in [2.45, 2.75) is 227 Å². The largest absolute Gasteiger partial charge is 0.494 e. The van der Waals surface area contributed by atoms with Gasteiger partial charge in [-0.25, -0.2) is 0 Å². The van der Waals surface area contributed by atoms with E-state index in [1.165, 1.54) is 173 Å². The fourth-order valence-electron chi connectivity index (χ4n) is 7.45. The van der Waals surface area contributed by atoms with Gasteiger partial charge in [0.05, 0.1) is 33.0 Å². The van der Waals surface area contributed by atoms with E-state index in [1.54, 1.807) is 0 Å². The molecule has 310 valence electrons. The van der Waals surface area contributed by atoms with Gasteiger partial charge in [-0.2, -0.15) is 0 Å². The van der Waals surface area contributed by atoms with E-state index in [-0.39, 0.29) is 0 Å². The molecule has 0 N–H and O–H groups in total. The third-order valence-corrected chi connectivity index (χ3v) is 10.7.